The first kappa shape index (κ1) is 17.8. The van der Waals surface area contributed by atoms with Gasteiger partial charge in [-0.3, -0.25) is 0 Å². The highest BCUT2D eigenvalue weighted by atomic mass is 32.1. The Bertz CT molecular complexity index is 1070. The summed E-state index contributed by atoms with van der Waals surface area (Å²) < 4.78 is 11.9. The largest absolute Gasteiger partial charge is 0.497 e. The Morgan fingerprint density at radius 1 is 0.963 bits per heavy atom. The number of aromatic nitrogens is 2. The number of methoxy groups -OCH3 is 1. The smallest absolute Gasteiger partial charge is 0.190 e. The van der Waals surface area contributed by atoms with Gasteiger partial charge in [-0.05, 0) is 50.2 Å². The highest BCUT2D eigenvalue weighted by molar-refractivity contribution is 7.22. The molecule has 0 atom stereocenters. The van der Waals surface area contributed by atoms with Crippen molar-refractivity contribution in [1.29, 1.82) is 0 Å². The zero-order valence-corrected chi connectivity index (χ0v) is 16.9. The predicted octanol–water partition coefficient (Wildman–Crippen LogP) is 5.88. The molecule has 0 aliphatic heterocycles. The molecule has 0 saturated heterocycles. The Labute approximate surface area is 165 Å². The second-order valence-corrected chi connectivity index (χ2v) is 8.09. The molecule has 2 heterocycles. The summed E-state index contributed by atoms with van der Waals surface area (Å²) in [5, 5.41) is 5.00. The van der Waals surface area contributed by atoms with Gasteiger partial charge in [0.25, 0.3) is 0 Å². The van der Waals surface area contributed by atoms with E-state index in [9.17, 15) is 0 Å². The molecule has 4 rings (SSSR count). The van der Waals surface area contributed by atoms with Crippen LogP contribution in [0.4, 0.5) is 10.3 Å². The monoisotopic (exact) mass is 397 g/mol. The molecule has 2 aromatic carbocycles. The van der Waals surface area contributed by atoms with Gasteiger partial charge in [0.1, 0.15) is 11.5 Å². The minimum atomic E-state index is 0.664. The first-order chi connectivity index (χ1) is 13.2. The number of hydrogen-bond acceptors (Lipinski definition) is 7. The van der Waals surface area contributed by atoms with Gasteiger partial charge in [-0.1, -0.05) is 11.3 Å². The number of rotatable bonds is 6. The van der Waals surface area contributed by atoms with Crippen LogP contribution in [0.2, 0.25) is 0 Å². The highest BCUT2D eigenvalue weighted by Crippen LogP contribution is 2.35. The number of hydrogen-bond donors (Lipinski definition) is 1. The predicted molar refractivity (Wildman–Crippen MR) is 113 cm³/mol. The summed E-state index contributed by atoms with van der Waals surface area (Å²) in [6, 6.07) is 14.0. The second kappa shape index (κ2) is 7.54. The van der Waals surface area contributed by atoms with E-state index in [-0.39, 0.29) is 0 Å². The molecular formula is C20H19N3O2S2. The van der Waals surface area contributed by atoms with Crippen LogP contribution in [0.15, 0.2) is 42.5 Å². The van der Waals surface area contributed by atoms with Gasteiger partial charge in [-0.2, -0.15) is 0 Å². The number of aryl methyl sites for hydroxylation is 1. The molecule has 0 aliphatic rings. The maximum Gasteiger partial charge on any atom is 0.190 e. The summed E-state index contributed by atoms with van der Waals surface area (Å²) in [6.45, 7) is 4.73. The fourth-order valence-corrected chi connectivity index (χ4v) is 4.52. The molecule has 0 fully saturated rings. The maximum absolute atomic E-state index is 5.51. The molecule has 0 radical (unpaired) electrons. The molecule has 0 amide bonds. The minimum Gasteiger partial charge on any atom is -0.497 e. The number of benzene rings is 2. The topological polar surface area (TPSA) is 56.3 Å². The molecule has 0 saturated carbocycles. The molecule has 0 unspecified atom stereocenters. The van der Waals surface area contributed by atoms with E-state index < -0.39 is 0 Å². The normalized spacial score (nSPS) is 10.9. The van der Waals surface area contributed by atoms with E-state index in [1.54, 1.807) is 29.8 Å². The van der Waals surface area contributed by atoms with Crippen molar-refractivity contribution >= 4 is 43.2 Å². The van der Waals surface area contributed by atoms with Crippen LogP contribution >= 0.6 is 22.7 Å². The molecule has 0 spiro atoms. The second-order valence-electron chi connectivity index (χ2n) is 5.86. The van der Waals surface area contributed by atoms with Gasteiger partial charge < -0.3 is 14.8 Å². The van der Waals surface area contributed by atoms with Crippen LogP contribution in [0.3, 0.4) is 0 Å². The Hall–Kier alpha value is -2.64. The lowest BCUT2D eigenvalue weighted by atomic mass is 10.1. The summed E-state index contributed by atoms with van der Waals surface area (Å²) in [5.74, 6) is 1.68. The van der Waals surface area contributed by atoms with E-state index in [2.05, 4.69) is 17.2 Å². The van der Waals surface area contributed by atoms with E-state index in [4.69, 9.17) is 14.5 Å². The molecule has 27 heavy (non-hydrogen) atoms. The minimum absolute atomic E-state index is 0.664. The number of nitrogens with zero attached hydrogens (tertiary/aromatic N) is 2. The van der Waals surface area contributed by atoms with Crippen molar-refractivity contribution in [3.8, 4) is 22.8 Å². The van der Waals surface area contributed by atoms with E-state index in [1.165, 1.54) is 0 Å². The van der Waals surface area contributed by atoms with Crippen molar-refractivity contribution in [2.24, 2.45) is 0 Å². The van der Waals surface area contributed by atoms with Crippen molar-refractivity contribution in [1.82, 2.24) is 9.97 Å². The molecule has 0 aliphatic carbocycles. The van der Waals surface area contributed by atoms with Crippen molar-refractivity contribution in [2.75, 3.05) is 19.0 Å². The average molecular weight is 398 g/mol. The van der Waals surface area contributed by atoms with Gasteiger partial charge in [0.15, 0.2) is 10.3 Å². The van der Waals surface area contributed by atoms with Crippen LogP contribution in [0.5, 0.6) is 11.5 Å². The van der Waals surface area contributed by atoms with E-state index in [0.29, 0.717) is 6.61 Å². The molecule has 4 aromatic rings. The number of nitrogens with one attached hydrogen (secondary N) is 1. The summed E-state index contributed by atoms with van der Waals surface area (Å²) >= 11 is 3.23. The van der Waals surface area contributed by atoms with E-state index in [1.807, 2.05) is 49.4 Å². The zero-order valence-electron chi connectivity index (χ0n) is 15.3. The Kier molecular flexibility index (Phi) is 4.96. The number of ether oxygens (including phenoxy) is 2. The molecule has 1 N–H and O–H groups in total. The quantitative estimate of drug-likeness (QED) is 0.440. The SMILES string of the molecule is CCOc1ccc(-c2nc(Nc3nc4cc(OC)ccc4s3)sc2C)cc1. The standard InChI is InChI=1S/C20H19N3O2S2/c1-4-25-14-7-5-13(6-8-14)18-12(2)26-20(22-18)23-19-21-16-11-15(24-3)9-10-17(16)27-19/h5-11H,4H2,1-3H3,(H,21,22,23). The van der Waals surface area contributed by atoms with Gasteiger partial charge in [0.2, 0.25) is 0 Å². The van der Waals surface area contributed by atoms with Crippen molar-refractivity contribution < 1.29 is 9.47 Å². The Morgan fingerprint density at radius 2 is 1.70 bits per heavy atom. The fourth-order valence-electron chi connectivity index (χ4n) is 2.77. The summed E-state index contributed by atoms with van der Waals surface area (Å²) in [5.41, 5.74) is 2.98. The Balaban J connectivity index is 1.57. The molecule has 7 heteroatoms. The maximum atomic E-state index is 5.51. The number of thiazole rings is 2. The molecule has 5 nitrogen and oxygen atoms in total. The van der Waals surface area contributed by atoms with Crippen LogP contribution in [0, 0.1) is 6.92 Å². The van der Waals surface area contributed by atoms with Gasteiger partial charge in [-0.25, -0.2) is 9.97 Å². The zero-order chi connectivity index (χ0) is 18.8. The van der Waals surface area contributed by atoms with Gasteiger partial charge in [-0.15, -0.1) is 11.3 Å². The lowest BCUT2D eigenvalue weighted by molar-refractivity contribution is 0.340. The van der Waals surface area contributed by atoms with Crippen LogP contribution < -0.4 is 14.8 Å². The van der Waals surface area contributed by atoms with Crippen LogP contribution in [0.25, 0.3) is 21.5 Å². The average Bonchev–Trinajstić information content (AvgIpc) is 3.24. The third kappa shape index (κ3) is 3.74. The summed E-state index contributed by atoms with van der Waals surface area (Å²) in [4.78, 5) is 10.6. The highest BCUT2D eigenvalue weighted by Gasteiger charge is 2.12. The molecule has 0 bridgehead atoms. The van der Waals surface area contributed by atoms with E-state index in [0.717, 1.165) is 48.1 Å². The first-order valence-corrected chi connectivity index (χ1v) is 10.2. The van der Waals surface area contributed by atoms with Gasteiger partial charge in [0.05, 0.1) is 29.6 Å². The number of anilines is 2. The first-order valence-electron chi connectivity index (χ1n) is 8.58. The van der Waals surface area contributed by atoms with Gasteiger partial charge >= 0.3 is 0 Å². The lowest BCUT2D eigenvalue weighted by Gasteiger charge is -2.03. The lowest BCUT2D eigenvalue weighted by Crippen LogP contribution is -1.91. The van der Waals surface area contributed by atoms with Crippen LogP contribution in [-0.2, 0) is 0 Å². The van der Waals surface area contributed by atoms with Crippen molar-refractivity contribution in [3.05, 3.63) is 47.3 Å². The third-order valence-electron chi connectivity index (χ3n) is 4.04. The molecule has 2 aromatic heterocycles. The van der Waals surface area contributed by atoms with Crippen molar-refractivity contribution in [3.63, 3.8) is 0 Å². The van der Waals surface area contributed by atoms with Crippen molar-refractivity contribution in [2.45, 2.75) is 13.8 Å². The Morgan fingerprint density at radius 3 is 2.44 bits per heavy atom. The third-order valence-corrected chi connectivity index (χ3v) is 5.88. The molecular weight excluding hydrogens is 378 g/mol. The summed E-state index contributed by atoms with van der Waals surface area (Å²) in [6.07, 6.45) is 0. The van der Waals surface area contributed by atoms with Gasteiger partial charge in [0, 0.05) is 16.5 Å². The van der Waals surface area contributed by atoms with Crippen LogP contribution in [-0.4, -0.2) is 23.7 Å². The number of fused-ring (bicyclic) bond motifs is 1. The molecule has 138 valence electrons. The fraction of sp³-hybridized carbons (Fsp3) is 0.200. The van der Waals surface area contributed by atoms with Crippen LogP contribution in [0.1, 0.15) is 11.8 Å². The summed E-state index contributed by atoms with van der Waals surface area (Å²) in [7, 11) is 1.66. The van der Waals surface area contributed by atoms with E-state index >= 15 is 0 Å².